The van der Waals surface area contributed by atoms with Gasteiger partial charge >= 0.3 is 12.4 Å². The summed E-state index contributed by atoms with van der Waals surface area (Å²) in [4.78, 5) is 22.5. The first-order valence-electron chi connectivity index (χ1n) is 12.2. The molecule has 12 heteroatoms. The summed E-state index contributed by atoms with van der Waals surface area (Å²) in [6.07, 6.45) is -5.47. The normalized spacial score (nSPS) is 20.8. The van der Waals surface area contributed by atoms with Crippen LogP contribution >= 0.6 is 0 Å². The van der Waals surface area contributed by atoms with Gasteiger partial charge in [0.25, 0.3) is 0 Å². The number of H-pyrrole nitrogens is 1. The Kier molecular flexibility index (Phi) is 6.65. The number of carbonyl (C=O) groups excluding carboxylic acids is 1. The highest BCUT2D eigenvalue weighted by Crippen LogP contribution is 2.46. The van der Waals surface area contributed by atoms with Gasteiger partial charge in [-0.3, -0.25) is 9.69 Å². The van der Waals surface area contributed by atoms with Gasteiger partial charge in [-0.2, -0.15) is 26.3 Å². The molecule has 1 amide bonds. The van der Waals surface area contributed by atoms with Crippen molar-refractivity contribution < 1.29 is 35.5 Å². The van der Waals surface area contributed by atoms with Crippen molar-refractivity contribution in [2.24, 2.45) is 11.3 Å². The molecule has 1 unspecified atom stereocenters. The van der Waals surface area contributed by atoms with Gasteiger partial charge < -0.3 is 10.3 Å². The molecule has 5 rings (SSSR count). The summed E-state index contributed by atoms with van der Waals surface area (Å²) in [7, 11) is 0. The smallest absolute Gasteiger partial charge is 0.352 e. The van der Waals surface area contributed by atoms with E-state index in [0.29, 0.717) is 61.6 Å². The van der Waals surface area contributed by atoms with Gasteiger partial charge in [-0.25, -0.2) is 9.37 Å². The summed E-state index contributed by atoms with van der Waals surface area (Å²) in [5.41, 5.74) is -2.35. The molecule has 1 aliphatic carbocycles. The van der Waals surface area contributed by atoms with Crippen molar-refractivity contribution in [1.29, 1.82) is 0 Å². The highest BCUT2D eigenvalue weighted by Gasteiger charge is 2.47. The Balaban J connectivity index is 1.33. The van der Waals surface area contributed by atoms with Crippen molar-refractivity contribution in [2.75, 3.05) is 13.1 Å². The topological polar surface area (TPSA) is 61.0 Å². The molecule has 3 aromatic rings. The third-order valence-corrected chi connectivity index (χ3v) is 7.40. The Hall–Kier alpha value is -3.15. The van der Waals surface area contributed by atoms with Crippen molar-refractivity contribution in [2.45, 2.75) is 51.1 Å². The van der Waals surface area contributed by atoms with E-state index < -0.39 is 41.3 Å². The fraction of sp³-hybridized carbons (Fsp3) is 0.462. The lowest BCUT2D eigenvalue weighted by Gasteiger charge is -2.29. The van der Waals surface area contributed by atoms with E-state index in [2.05, 4.69) is 20.2 Å². The quantitative estimate of drug-likeness (QED) is 0.358. The van der Waals surface area contributed by atoms with E-state index in [0.717, 1.165) is 18.4 Å². The second kappa shape index (κ2) is 9.55. The number of amides is 1. The van der Waals surface area contributed by atoms with Crippen LogP contribution in [-0.4, -0.2) is 33.9 Å². The number of halogens is 7. The Morgan fingerprint density at radius 2 is 1.76 bits per heavy atom. The molecule has 2 aromatic carbocycles. The lowest BCUT2D eigenvalue weighted by atomic mass is 9.80. The number of hydrogen-bond acceptors (Lipinski definition) is 3. The minimum Gasteiger partial charge on any atom is -0.352 e. The molecule has 204 valence electrons. The third kappa shape index (κ3) is 5.50. The van der Waals surface area contributed by atoms with Gasteiger partial charge in [0.1, 0.15) is 11.3 Å². The van der Waals surface area contributed by atoms with Gasteiger partial charge in [0.15, 0.2) is 0 Å². The van der Waals surface area contributed by atoms with E-state index in [4.69, 9.17) is 0 Å². The van der Waals surface area contributed by atoms with Gasteiger partial charge in [0, 0.05) is 19.6 Å². The number of nitrogens with one attached hydrogen (secondary N) is 2. The summed E-state index contributed by atoms with van der Waals surface area (Å²) in [6, 6.07) is 4.33. The number of aromatic amines is 1. The second-order valence-corrected chi connectivity index (χ2v) is 10.3. The minimum absolute atomic E-state index is 0.0700. The number of alkyl halides is 6. The predicted octanol–water partition coefficient (Wildman–Crippen LogP) is 6.05. The van der Waals surface area contributed by atoms with Gasteiger partial charge in [0.05, 0.1) is 28.4 Å². The molecule has 1 saturated carbocycles. The molecule has 2 heterocycles. The van der Waals surface area contributed by atoms with E-state index in [1.807, 2.05) is 0 Å². The summed E-state index contributed by atoms with van der Waals surface area (Å²) >= 11 is 0. The molecule has 0 bridgehead atoms. The molecule has 0 spiro atoms. The van der Waals surface area contributed by atoms with Crippen LogP contribution in [0, 0.1) is 17.2 Å². The number of carbonyl (C=O) groups is 1. The maximum atomic E-state index is 14.0. The van der Waals surface area contributed by atoms with Crippen LogP contribution in [0.5, 0.6) is 0 Å². The SMILES string of the molecule is O=C(NCc1cc(C(F)(F)F)cc(C(F)(F)F)c1)C1(CC2CC2)CCN(Cc2ccc(F)c3[nH]cnc23)C1. The van der Waals surface area contributed by atoms with E-state index >= 15 is 0 Å². The van der Waals surface area contributed by atoms with Crippen molar-refractivity contribution in [1.82, 2.24) is 20.2 Å². The average molecular weight is 542 g/mol. The molecule has 2 aliphatic rings. The Morgan fingerprint density at radius 3 is 2.39 bits per heavy atom. The Labute approximate surface area is 213 Å². The summed E-state index contributed by atoms with van der Waals surface area (Å²) in [6.45, 7) is 0.897. The summed E-state index contributed by atoms with van der Waals surface area (Å²) in [5.74, 6) is -0.453. The molecule has 1 aliphatic heterocycles. The predicted molar refractivity (Wildman–Crippen MR) is 124 cm³/mol. The van der Waals surface area contributed by atoms with Gasteiger partial charge in [-0.15, -0.1) is 0 Å². The number of likely N-dealkylation sites (tertiary alicyclic amines) is 1. The number of rotatable bonds is 7. The average Bonchev–Trinajstić information content (AvgIpc) is 3.33. The van der Waals surface area contributed by atoms with Crippen LogP contribution in [0.4, 0.5) is 30.7 Å². The fourth-order valence-electron chi connectivity index (χ4n) is 5.33. The molecule has 2 N–H and O–H groups in total. The molecule has 0 radical (unpaired) electrons. The van der Waals surface area contributed by atoms with Crippen molar-refractivity contribution in [3.8, 4) is 0 Å². The first-order valence-corrected chi connectivity index (χ1v) is 12.2. The molecular formula is C26H25F7N4O. The molecule has 2 fully saturated rings. The first-order chi connectivity index (χ1) is 17.8. The molecule has 1 atom stereocenters. The maximum Gasteiger partial charge on any atom is 0.416 e. The zero-order valence-electron chi connectivity index (χ0n) is 20.1. The number of nitrogens with zero attached hydrogens (tertiary/aromatic N) is 2. The molecule has 5 nitrogen and oxygen atoms in total. The fourth-order valence-corrected chi connectivity index (χ4v) is 5.33. The summed E-state index contributed by atoms with van der Waals surface area (Å²) in [5, 5.41) is 2.62. The number of imidazole rings is 1. The van der Waals surface area contributed by atoms with E-state index in [1.54, 1.807) is 6.07 Å². The zero-order valence-corrected chi connectivity index (χ0v) is 20.1. The van der Waals surface area contributed by atoms with Crippen molar-refractivity contribution >= 4 is 16.9 Å². The van der Waals surface area contributed by atoms with Gasteiger partial charge in [-0.1, -0.05) is 18.9 Å². The van der Waals surface area contributed by atoms with Crippen LogP contribution in [0.3, 0.4) is 0 Å². The standard InChI is InChI=1S/C26H25F7N4O/c27-20-4-3-17(21-22(20)36-14-35-21)12-37-6-5-24(13-37,10-15-1-2-15)23(38)34-11-16-7-18(25(28,29)30)9-19(8-16)26(31,32)33/h3-4,7-9,14-15H,1-2,5-6,10-13H2,(H,34,38)(H,35,36). The third-order valence-electron chi connectivity index (χ3n) is 7.40. The van der Waals surface area contributed by atoms with Crippen LogP contribution in [0.2, 0.25) is 0 Å². The van der Waals surface area contributed by atoms with E-state index in [-0.39, 0.29) is 17.5 Å². The van der Waals surface area contributed by atoms with Gasteiger partial charge in [0.2, 0.25) is 5.91 Å². The lowest BCUT2D eigenvalue weighted by Crippen LogP contribution is -2.43. The molecule has 1 aromatic heterocycles. The molecular weight excluding hydrogens is 517 g/mol. The lowest BCUT2D eigenvalue weighted by molar-refractivity contribution is -0.143. The minimum atomic E-state index is -4.96. The van der Waals surface area contributed by atoms with Crippen molar-refractivity contribution in [3.05, 3.63) is 64.7 Å². The van der Waals surface area contributed by atoms with E-state index in [9.17, 15) is 35.5 Å². The van der Waals surface area contributed by atoms with Crippen LogP contribution in [0.15, 0.2) is 36.7 Å². The Morgan fingerprint density at radius 1 is 1.08 bits per heavy atom. The van der Waals surface area contributed by atoms with Crippen LogP contribution in [-0.2, 0) is 30.2 Å². The zero-order chi connectivity index (χ0) is 27.3. The molecule has 1 saturated heterocycles. The van der Waals surface area contributed by atoms with Crippen LogP contribution in [0.1, 0.15) is 47.9 Å². The van der Waals surface area contributed by atoms with Crippen molar-refractivity contribution in [3.63, 3.8) is 0 Å². The number of benzene rings is 2. The first kappa shape index (κ1) is 26.5. The monoisotopic (exact) mass is 542 g/mol. The van der Waals surface area contributed by atoms with Crippen LogP contribution in [0.25, 0.3) is 11.0 Å². The number of hydrogen-bond donors (Lipinski definition) is 2. The maximum absolute atomic E-state index is 14.0. The Bertz CT molecular complexity index is 1310. The highest BCUT2D eigenvalue weighted by atomic mass is 19.4. The second-order valence-electron chi connectivity index (χ2n) is 10.3. The number of aromatic nitrogens is 2. The van der Waals surface area contributed by atoms with E-state index in [1.165, 1.54) is 12.4 Å². The summed E-state index contributed by atoms with van der Waals surface area (Å²) < 4.78 is 93.4. The highest BCUT2D eigenvalue weighted by molar-refractivity contribution is 5.83. The van der Waals surface area contributed by atoms with Crippen LogP contribution < -0.4 is 5.32 Å². The largest absolute Gasteiger partial charge is 0.416 e. The molecule has 38 heavy (non-hydrogen) atoms. The van der Waals surface area contributed by atoms with Gasteiger partial charge in [-0.05, 0) is 60.7 Å². The number of fused-ring (bicyclic) bond motifs is 1.